The smallest absolute Gasteiger partial charge is 0.154 e. The normalized spacial score (nSPS) is 18.4. The zero-order valence-corrected chi connectivity index (χ0v) is 18.3. The van der Waals surface area contributed by atoms with E-state index in [4.69, 9.17) is 9.84 Å². The van der Waals surface area contributed by atoms with Gasteiger partial charge in [0.15, 0.2) is 5.82 Å². The van der Waals surface area contributed by atoms with Gasteiger partial charge in [-0.3, -0.25) is 0 Å². The van der Waals surface area contributed by atoms with Gasteiger partial charge in [-0.1, -0.05) is 13.8 Å². The van der Waals surface area contributed by atoms with E-state index in [0.717, 1.165) is 30.5 Å². The molecule has 5 rings (SSSR count). The number of hydrogen-bond donors (Lipinski definition) is 2. The summed E-state index contributed by atoms with van der Waals surface area (Å²) in [5, 5.41) is 19.4. The number of halogens is 3. The Morgan fingerprint density at radius 2 is 1.71 bits per heavy atom. The Labute approximate surface area is 181 Å². The lowest BCUT2D eigenvalue weighted by molar-refractivity contribution is 0.0950. The standard InChI is InChI=1S/C17H16F3N3O.C4H8O.C2H6/c1-21-16-11-8-24-5-2-10(11)15(22-23-16)14-12(18)6-9(7-13(14)19)17(20)3-4-17;5-4-2-1-3-4;1-2/h6-7H,2-5,8H2,1H3,(H,21,23);4-5H,1-3H2;1-2H3. The largest absolute Gasteiger partial charge is 0.393 e. The van der Waals surface area contributed by atoms with E-state index in [-0.39, 0.29) is 22.9 Å². The third kappa shape index (κ3) is 5.01. The average molecular weight is 438 g/mol. The number of aliphatic hydroxyl groups is 1. The van der Waals surface area contributed by atoms with Crippen LogP contribution in [-0.4, -0.2) is 35.1 Å². The van der Waals surface area contributed by atoms with Crippen molar-refractivity contribution in [2.45, 2.75) is 70.8 Å². The lowest BCUT2D eigenvalue weighted by Crippen LogP contribution is -2.17. The van der Waals surface area contributed by atoms with Gasteiger partial charge in [0.2, 0.25) is 0 Å². The number of anilines is 1. The number of alkyl halides is 1. The third-order valence-corrected chi connectivity index (χ3v) is 5.73. The van der Waals surface area contributed by atoms with E-state index in [9.17, 15) is 13.2 Å². The first-order valence-corrected chi connectivity index (χ1v) is 10.9. The van der Waals surface area contributed by atoms with Crippen LogP contribution in [0.1, 0.15) is 62.6 Å². The molecule has 0 amide bonds. The fraction of sp³-hybridized carbons (Fsp3) is 0.565. The van der Waals surface area contributed by atoms with Crippen LogP contribution in [0.5, 0.6) is 0 Å². The van der Waals surface area contributed by atoms with Crippen molar-refractivity contribution in [1.82, 2.24) is 10.2 Å². The SMILES string of the molecule is CC.CNc1nnc(-c2c(F)cc(C3(F)CC3)cc2F)c2c1COCC2.OC1CCC1. The second-order valence-corrected chi connectivity index (χ2v) is 7.77. The molecular weight excluding hydrogens is 407 g/mol. The van der Waals surface area contributed by atoms with E-state index >= 15 is 0 Å². The summed E-state index contributed by atoms with van der Waals surface area (Å²) in [6.45, 7) is 4.76. The number of rotatable bonds is 3. The van der Waals surface area contributed by atoms with Gasteiger partial charge in [0.1, 0.15) is 23.0 Å². The number of hydrogen-bond acceptors (Lipinski definition) is 5. The van der Waals surface area contributed by atoms with E-state index in [2.05, 4.69) is 15.5 Å². The van der Waals surface area contributed by atoms with Gasteiger partial charge in [-0.2, -0.15) is 0 Å². The molecule has 8 heteroatoms. The molecule has 2 N–H and O–H groups in total. The molecule has 0 atom stereocenters. The minimum Gasteiger partial charge on any atom is -0.393 e. The molecule has 1 aromatic carbocycles. The van der Waals surface area contributed by atoms with E-state index in [1.165, 1.54) is 6.42 Å². The molecule has 2 saturated carbocycles. The number of nitrogens with zero attached hydrogens (tertiary/aromatic N) is 2. The van der Waals surface area contributed by atoms with Crippen LogP contribution in [0.3, 0.4) is 0 Å². The molecule has 31 heavy (non-hydrogen) atoms. The molecule has 0 radical (unpaired) electrons. The monoisotopic (exact) mass is 437 g/mol. The molecule has 0 saturated heterocycles. The number of nitrogens with one attached hydrogen (secondary N) is 1. The van der Waals surface area contributed by atoms with Crippen LogP contribution in [0, 0.1) is 11.6 Å². The number of ether oxygens (including phenoxy) is 1. The Kier molecular flexibility index (Phi) is 7.54. The summed E-state index contributed by atoms with van der Waals surface area (Å²) in [6.07, 6.45) is 4.47. The van der Waals surface area contributed by atoms with Crippen molar-refractivity contribution in [2.75, 3.05) is 19.0 Å². The highest BCUT2D eigenvalue weighted by atomic mass is 19.1. The van der Waals surface area contributed by atoms with E-state index in [0.29, 0.717) is 43.9 Å². The van der Waals surface area contributed by atoms with Crippen LogP contribution in [-0.2, 0) is 23.4 Å². The molecule has 5 nitrogen and oxygen atoms in total. The fourth-order valence-electron chi connectivity index (χ4n) is 3.52. The molecule has 2 heterocycles. The first-order valence-electron chi connectivity index (χ1n) is 10.9. The van der Waals surface area contributed by atoms with Crippen LogP contribution in [0.25, 0.3) is 11.3 Å². The second-order valence-electron chi connectivity index (χ2n) is 7.77. The van der Waals surface area contributed by atoms with Crippen molar-refractivity contribution in [1.29, 1.82) is 0 Å². The quantitative estimate of drug-likeness (QED) is 0.703. The summed E-state index contributed by atoms with van der Waals surface area (Å²) in [7, 11) is 1.70. The van der Waals surface area contributed by atoms with Gasteiger partial charge in [-0.05, 0) is 61.8 Å². The van der Waals surface area contributed by atoms with Crippen molar-refractivity contribution >= 4 is 5.82 Å². The molecule has 2 aliphatic carbocycles. The van der Waals surface area contributed by atoms with Crippen molar-refractivity contribution in [3.05, 3.63) is 40.5 Å². The molecule has 2 fully saturated rings. The maximum atomic E-state index is 14.6. The Morgan fingerprint density at radius 1 is 1.10 bits per heavy atom. The molecule has 0 bridgehead atoms. The van der Waals surface area contributed by atoms with Gasteiger partial charge in [-0.25, -0.2) is 13.2 Å². The highest BCUT2D eigenvalue weighted by Crippen LogP contribution is 2.50. The summed E-state index contributed by atoms with van der Waals surface area (Å²) in [6, 6.07) is 2.15. The molecule has 0 spiro atoms. The second kappa shape index (κ2) is 9.96. The van der Waals surface area contributed by atoms with Gasteiger partial charge in [0.05, 0.1) is 24.9 Å². The molecule has 2 aromatic rings. The zero-order valence-electron chi connectivity index (χ0n) is 18.3. The minimum absolute atomic E-state index is 0.0539. The summed E-state index contributed by atoms with van der Waals surface area (Å²) < 4.78 is 48.7. The van der Waals surface area contributed by atoms with Crippen molar-refractivity contribution < 1.29 is 23.0 Å². The number of benzene rings is 1. The summed E-state index contributed by atoms with van der Waals surface area (Å²) >= 11 is 0. The van der Waals surface area contributed by atoms with Crippen molar-refractivity contribution in [3.8, 4) is 11.3 Å². The van der Waals surface area contributed by atoms with Crippen LogP contribution >= 0.6 is 0 Å². The lowest BCUT2D eigenvalue weighted by atomic mass is 9.95. The maximum Gasteiger partial charge on any atom is 0.154 e. The molecule has 3 aliphatic rings. The van der Waals surface area contributed by atoms with Gasteiger partial charge < -0.3 is 15.2 Å². The lowest BCUT2D eigenvalue weighted by Gasteiger charge is -2.21. The van der Waals surface area contributed by atoms with E-state index in [1.807, 2.05) is 13.8 Å². The summed E-state index contributed by atoms with van der Waals surface area (Å²) in [5.74, 6) is -1.09. The highest BCUT2D eigenvalue weighted by Gasteiger charge is 2.45. The number of aliphatic hydroxyl groups excluding tert-OH is 1. The molecular formula is C23H30F3N3O2. The molecule has 1 aromatic heterocycles. The third-order valence-electron chi connectivity index (χ3n) is 5.73. The highest BCUT2D eigenvalue weighted by molar-refractivity contribution is 5.69. The van der Waals surface area contributed by atoms with Gasteiger partial charge in [0.25, 0.3) is 0 Å². The predicted octanol–water partition coefficient (Wildman–Crippen LogP) is 5.05. The molecule has 1 aliphatic heterocycles. The predicted molar refractivity (Wildman–Crippen MR) is 114 cm³/mol. The van der Waals surface area contributed by atoms with Gasteiger partial charge in [-0.15, -0.1) is 10.2 Å². The van der Waals surface area contributed by atoms with Crippen LogP contribution in [0.4, 0.5) is 19.0 Å². The van der Waals surface area contributed by atoms with Crippen molar-refractivity contribution in [3.63, 3.8) is 0 Å². The van der Waals surface area contributed by atoms with Crippen LogP contribution in [0.15, 0.2) is 12.1 Å². The topological polar surface area (TPSA) is 67.3 Å². The Balaban J connectivity index is 0.000000337. The van der Waals surface area contributed by atoms with E-state index in [1.54, 1.807) is 7.05 Å². The van der Waals surface area contributed by atoms with Crippen LogP contribution < -0.4 is 5.32 Å². The molecule has 0 unspecified atom stereocenters. The minimum atomic E-state index is -1.59. The van der Waals surface area contributed by atoms with Gasteiger partial charge >= 0.3 is 0 Å². The molecule has 170 valence electrons. The maximum absolute atomic E-state index is 14.6. The van der Waals surface area contributed by atoms with Crippen LogP contribution in [0.2, 0.25) is 0 Å². The number of fused-ring (bicyclic) bond motifs is 1. The first-order chi connectivity index (χ1) is 14.9. The Hall–Kier alpha value is -2.19. The summed E-state index contributed by atoms with van der Waals surface area (Å²) in [5.41, 5.74) is -0.157. The number of aromatic nitrogens is 2. The van der Waals surface area contributed by atoms with E-state index < -0.39 is 17.3 Å². The van der Waals surface area contributed by atoms with Crippen molar-refractivity contribution in [2.24, 2.45) is 0 Å². The first kappa shape index (κ1) is 23.5. The average Bonchev–Trinajstić information content (AvgIpc) is 3.52. The fourth-order valence-corrected chi connectivity index (χ4v) is 3.52. The Morgan fingerprint density at radius 3 is 2.19 bits per heavy atom. The summed E-state index contributed by atoms with van der Waals surface area (Å²) in [4.78, 5) is 0. The van der Waals surface area contributed by atoms with Gasteiger partial charge in [0, 0.05) is 12.6 Å². The Bertz CT molecular complexity index is 892. The zero-order chi connectivity index (χ0) is 22.6.